The molecule has 1 aromatic heterocycles. The van der Waals surface area contributed by atoms with E-state index in [0.29, 0.717) is 24.3 Å². The number of hydrogen-bond donors (Lipinski definition) is 0. The molecule has 0 N–H and O–H groups in total. The van der Waals surface area contributed by atoms with Crippen molar-refractivity contribution in [3.8, 4) is 16.3 Å². The Bertz CT molecular complexity index is 976. The van der Waals surface area contributed by atoms with E-state index in [1.54, 1.807) is 35.6 Å². The minimum Gasteiger partial charge on any atom is -0.550 e. The number of nitrogens with zero attached hydrogens (tertiary/aromatic N) is 2. The number of aromatic nitrogens is 1. The van der Waals surface area contributed by atoms with E-state index in [2.05, 4.69) is 10.1 Å². The summed E-state index contributed by atoms with van der Waals surface area (Å²) in [6.45, 7) is 2.56. The molecule has 0 radical (unpaired) electrons. The Morgan fingerprint density at radius 3 is 2.67 bits per heavy atom. The van der Waals surface area contributed by atoms with Gasteiger partial charge in [-0.15, -0.1) is 11.3 Å². The molecular formula is C22H21N2NaO4S. The minimum atomic E-state index is -1.12. The Hall–Kier alpha value is -2.19. The number of carbonyl (C=O) groups excluding carboxylic acids is 1. The summed E-state index contributed by atoms with van der Waals surface area (Å²) >= 11 is 1.57. The van der Waals surface area contributed by atoms with Crippen molar-refractivity contribution in [1.82, 2.24) is 4.98 Å². The molecule has 0 atom stereocenters. The molecule has 0 aliphatic carbocycles. The van der Waals surface area contributed by atoms with Crippen LogP contribution in [0.3, 0.4) is 0 Å². The predicted molar refractivity (Wildman–Crippen MR) is 111 cm³/mol. The molecule has 0 spiro atoms. The Morgan fingerprint density at radius 2 is 1.93 bits per heavy atom. The number of oxime groups is 1. The van der Waals surface area contributed by atoms with Crippen molar-refractivity contribution in [1.29, 1.82) is 0 Å². The average molecular weight is 432 g/mol. The van der Waals surface area contributed by atoms with Crippen molar-refractivity contribution in [3.63, 3.8) is 0 Å². The Morgan fingerprint density at radius 1 is 1.13 bits per heavy atom. The fourth-order valence-electron chi connectivity index (χ4n) is 2.64. The van der Waals surface area contributed by atoms with Gasteiger partial charge in [0, 0.05) is 23.3 Å². The van der Waals surface area contributed by atoms with Crippen LogP contribution < -0.4 is 39.4 Å². The number of hydrogen-bond acceptors (Lipinski definition) is 7. The summed E-state index contributed by atoms with van der Waals surface area (Å²) in [6, 6.07) is 16.9. The molecule has 0 bridgehead atoms. The molecule has 150 valence electrons. The molecule has 3 rings (SSSR count). The van der Waals surface area contributed by atoms with Gasteiger partial charge in [0.2, 0.25) is 0 Å². The van der Waals surface area contributed by atoms with Crippen molar-refractivity contribution in [2.24, 2.45) is 5.16 Å². The van der Waals surface area contributed by atoms with Gasteiger partial charge in [-0.2, -0.15) is 0 Å². The van der Waals surface area contributed by atoms with Gasteiger partial charge < -0.3 is 19.5 Å². The minimum absolute atomic E-state index is 0. The van der Waals surface area contributed by atoms with E-state index in [0.717, 1.165) is 22.0 Å². The smallest absolute Gasteiger partial charge is 0.550 e. The van der Waals surface area contributed by atoms with Gasteiger partial charge in [0.25, 0.3) is 0 Å². The second-order valence-corrected chi connectivity index (χ2v) is 7.03. The topological polar surface area (TPSA) is 83.8 Å². The molecule has 0 unspecified atom stereocenters. The maximum Gasteiger partial charge on any atom is 1.00 e. The maximum absolute atomic E-state index is 10.7. The number of rotatable bonds is 10. The summed E-state index contributed by atoms with van der Waals surface area (Å²) in [5, 5.41) is 17.8. The van der Waals surface area contributed by atoms with Gasteiger partial charge in [0.1, 0.15) is 23.1 Å². The number of thiazole rings is 1. The van der Waals surface area contributed by atoms with Gasteiger partial charge >= 0.3 is 29.6 Å². The van der Waals surface area contributed by atoms with Gasteiger partial charge in [0.05, 0.1) is 5.69 Å². The van der Waals surface area contributed by atoms with Crippen molar-refractivity contribution in [2.45, 2.75) is 19.8 Å². The van der Waals surface area contributed by atoms with E-state index in [4.69, 9.17) is 9.57 Å². The number of carboxylic acids is 1. The molecular weight excluding hydrogens is 411 g/mol. The Balaban J connectivity index is 0.00000320. The molecule has 0 aliphatic rings. The summed E-state index contributed by atoms with van der Waals surface area (Å²) in [5.41, 5.74) is 3.30. The van der Waals surface area contributed by atoms with Gasteiger partial charge in [-0.05, 0) is 24.1 Å². The van der Waals surface area contributed by atoms with Gasteiger partial charge in [0.15, 0.2) is 6.61 Å². The molecule has 0 aliphatic heterocycles. The van der Waals surface area contributed by atoms with Crippen LogP contribution in [-0.2, 0) is 16.1 Å². The first-order chi connectivity index (χ1) is 14.2. The van der Waals surface area contributed by atoms with Crippen molar-refractivity contribution in [2.75, 3.05) is 13.2 Å². The molecule has 3 aromatic rings. The van der Waals surface area contributed by atoms with Gasteiger partial charge in [-0.1, -0.05) is 54.5 Å². The first-order valence-corrected chi connectivity index (χ1v) is 10.2. The number of benzene rings is 2. The molecule has 0 saturated carbocycles. The first-order valence-electron chi connectivity index (χ1n) is 9.27. The largest absolute Gasteiger partial charge is 1.00 e. The molecule has 0 saturated heterocycles. The average Bonchev–Trinajstić information content (AvgIpc) is 3.21. The van der Waals surface area contributed by atoms with Crippen LogP contribution >= 0.6 is 11.3 Å². The number of aliphatic carboxylic acids is 1. The molecule has 0 amide bonds. The van der Waals surface area contributed by atoms with Crippen LogP contribution in [0.1, 0.15) is 24.6 Å². The van der Waals surface area contributed by atoms with Crippen molar-refractivity contribution >= 4 is 23.0 Å². The molecule has 6 nitrogen and oxygen atoms in total. The number of carbonyl (C=O) groups is 1. The zero-order valence-electron chi connectivity index (χ0n) is 17.0. The van der Waals surface area contributed by atoms with Crippen LogP contribution in [-0.4, -0.2) is 29.9 Å². The van der Waals surface area contributed by atoms with Crippen LogP contribution in [0.5, 0.6) is 5.75 Å². The van der Waals surface area contributed by atoms with Gasteiger partial charge in [-0.3, -0.25) is 0 Å². The summed E-state index contributed by atoms with van der Waals surface area (Å²) in [7, 11) is 0. The summed E-state index contributed by atoms with van der Waals surface area (Å²) < 4.78 is 5.59. The number of carboxylic acid groups (broad SMARTS) is 1. The monoisotopic (exact) mass is 432 g/mol. The van der Waals surface area contributed by atoms with Crippen LogP contribution in [0.4, 0.5) is 0 Å². The standard InChI is InChI=1S/C22H22N2O4S.Na/c1-2-19(20-15-29-22(23-20)17-8-4-3-5-9-17)24-28-12-11-27-18-10-6-7-16(13-18)14-21(25)26;/h3-10,13,15H,2,11-12,14H2,1H3,(H,25,26);/q;+1/p-1/b24-19+;. The number of ether oxygens (including phenoxy) is 1. The normalized spacial score (nSPS) is 10.9. The quantitative estimate of drug-likeness (QED) is 0.199. The van der Waals surface area contributed by atoms with Crippen molar-refractivity contribution < 1.29 is 49.0 Å². The zero-order valence-corrected chi connectivity index (χ0v) is 19.9. The van der Waals surface area contributed by atoms with Crippen LogP contribution in [0.25, 0.3) is 10.6 Å². The summed E-state index contributed by atoms with van der Waals surface area (Å²) in [6.07, 6.45) is 0.556. The molecule has 1 heterocycles. The first kappa shape index (κ1) is 24.1. The SMILES string of the molecule is CC/C(=N\OCCOc1cccc(CC(=O)[O-])c1)c1csc(-c2ccccc2)n1.[Na+]. The molecule has 2 aromatic carbocycles. The Kier molecular flexibility index (Phi) is 10.0. The van der Waals surface area contributed by atoms with E-state index in [1.807, 2.05) is 42.6 Å². The second-order valence-electron chi connectivity index (χ2n) is 6.17. The maximum atomic E-state index is 10.7. The van der Waals surface area contributed by atoms with E-state index in [9.17, 15) is 9.90 Å². The third-order valence-corrected chi connectivity index (χ3v) is 4.91. The molecule has 30 heavy (non-hydrogen) atoms. The molecule has 8 heteroatoms. The van der Waals surface area contributed by atoms with Crippen LogP contribution in [0, 0.1) is 0 Å². The Labute approximate surface area is 201 Å². The third kappa shape index (κ3) is 7.25. The van der Waals surface area contributed by atoms with E-state index in [-0.39, 0.29) is 42.6 Å². The third-order valence-electron chi connectivity index (χ3n) is 4.02. The second kappa shape index (κ2) is 12.5. The fraction of sp³-hybridized carbons (Fsp3) is 0.227. The molecule has 0 fully saturated rings. The van der Waals surface area contributed by atoms with Crippen LogP contribution in [0.2, 0.25) is 0 Å². The van der Waals surface area contributed by atoms with E-state index < -0.39 is 5.97 Å². The zero-order chi connectivity index (χ0) is 20.5. The fourth-order valence-corrected chi connectivity index (χ4v) is 3.48. The predicted octanol–water partition coefficient (Wildman–Crippen LogP) is 0.316. The van der Waals surface area contributed by atoms with E-state index >= 15 is 0 Å². The van der Waals surface area contributed by atoms with E-state index in [1.165, 1.54) is 0 Å². The van der Waals surface area contributed by atoms with Crippen molar-refractivity contribution in [3.05, 3.63) is 71.2 Å². The van der Waals surface area contributed by atoms with Gasteiger partial charge in [-0.25, -0.2) is 4.98 Å². The summed E-state index contributed by atoms with van der Waals surface area (Å²) in [5.74, 6) is -0.538. The summed E-state index contributed by atoms with van der Waals surface area (Å²) in [4.78, 5) is 20.7. The van der Waals surface area contributed by atoms with Crippen LogP contribution in [0.15, 0.2) is 65.1 Å².